The molecule has 5 unspecified atom stereocenters. The molecule has 1 aliphatic heterocycles. The molecule has 3 aliphatic rings. The first kappa shape index (κ1) is 23.9. The van der Waals surface area contributed by atoms with Crippen molar-refractivity contribution in [3.63, 3.8) is 0 Å². The lowest BCUT2D eigenvalue weighted by atomic mass is 9.59. The van der Waals surface area contributed by atoms with Gasteiger partial charge in [-0.2, -0.15) is 13.2 Å². The minimum atomic E-state index is -4.86. The van der Waals surface area contributed by atoms with E-state index in [1.165, 1.54) is 0 Å². The van der Waals surface area contributed by atoms with Crippen LogP contribution in [0.3, 0.4) is 0 Å². The smallest absolute Gasteiger partial charge is 0.303 e. The molecule has 0 radical (unpaired) electrons. The summed E-state index contributed by atoms with van der Waals surface area (Å²) in [5.41, 5.74) is 0. The van der Waals surface area contributed by atoms with E-state index < -0.39 is 54.1 Å². The molecule has 3 nitrogen and oxygen atoms in total. The lowest BCUT2D eigenvalue weighted by Crippen LogP contribution is -2.67. The van der Waals surface area contributed by atoms with Gasteiger partial charge in [0, 0.05) is 23.1 Å². The molecule has 0 amide bonds. The van der Waals surface area contributed by atoms with Gasteiger partial charge in [-0.25, -0.2) is 8.78 Å². The van der Waals surface area contributed by atoms with Gasteiger partial charge in [-0.15, -0.1) is 11.6 Å². The maximum absolute atomic E-state index is 14.0. The quantitative estimate of drug-likeness (QED) is 0.353. The second-order valence-electron chi connectivity index (χ2n) is 9.11. The van der Waals surface area contributed by atoms with Crippen molar-refractivity contribution in [3.8, 4) is 0 Å². The summed E-state index contributed by atoms with van der Waals surface area (Å²) < 4.78 is 69.5. The summed E-state index contributed by atoms with van der Waals surface area (Å²) in [7, 11) is 0. The van der Waals surface area contributed by atoms with Crippen LogP contribution >= 0.6 is 11.6 Å². The Bertz CT molecular complexity index is 603. The summed E-state index contributed by atoms with van der Waals surface area (Å²) in [6, 6.07) is -4.26. The highest BCUT2D eigenvalue weighted by Gasteiger charge is 2.60. The van der Waals surface area contributed by atoms with Crippen LogP contribution in [0.1, 0.15) is 57.8 Å². The number of hydrogen-bond donors (Lipinski definition) is 1. The second kappa shape index (κ2) is 9.80. The maximum atomic E-state index is 14.0. The predicted octanol–water partition coefficient (Wildman–Crippen LogP) is 5.15. The second-order valence-corrected chi connectivity index (χ2v) is 9.73. The van der Waals surface area contributed by atoms with Crippen LogP contribution < -0.4 is 5.32 Å². The molecule has 0 aromatic rings. The van der Waals surface area contributed by atoms with Gasteiger partial charge in [0.1, 0.15) is 18.1 Å². The van der Waals surface area contributed by atoms with E-state index >= 15 is 0 Å². The van der Waals surface area contributed by atoms with Crippen molar-refractivity contribution in [2.45, 2.75) is 87.8 Å². The zero-order valence-electron chi connectivity index (χ0n) is 16.7. The summed E-state index contributed by atoms with van der Waals surface area (Å²) in [4.78, 5) is 25.3. The Morgan fingerprint density at radius 2 is 1.60 bits per heavy atom. The minimum Gasteiger partial charge on any atom is -0.303 e. The molecule has 1 saturated heterocycles. The number of carbonyl (C=O) groups is 2. The molecule has 0 bridgehead atoms. The molecular weight excluding hydrogens is 429 g/mol. The van der Waals surface area contributed by atoms with Gasteiger partial charge in [0.2, 0.25) is 0 Å². The lowest BCUT2D eigenvalue weighted by Gasteiger charge is -2.50. The highest BCUT2D eigenvalue weighted by Crippen LogP contribution is 2.48. The monoisotopic (exact) mass is 457 g/mol. The van der Waals surface area contributed by atoms with Crippen LogP contribution in [0, 0.1) is 29.6 Å². The molecule has 30 heavy (non-hydrogen) atoms. The Hall–Kier alpha value is -0.760. The van der Waals surface area contributed by atoms with Gasteiger partial charge in [-0.3, -0.25) is 10.1 Å². The van der Waals surface area contributed by atoms with Crippen LogP contribution in [0.5, 0.6) is 0 Å². The van der Waals surface area contributed by atoms with Crippen molar-refractivity contribution >= 4 is 23.7 Å². The van der Waals surface area contributed by atoms with Crippen molar-refractivity contribution in [2.24, 2.45) is 29.6 Å². The third-order valence-corrected chi connectivity index (χ3v) is 7.80. The van der Waals surface area contributed by atoms with Gasteiger partial charge >= 0.3 is 6.18 Å². The van der Waals surface area contributed by atoms with Crippen LogP contribution in [0.15, 0.2) is 0 Å². The summed E-state index contributed by atoms with van der Waals surface area (Å²) in [6.07, 6.45) is -2.16. The number of ketones is 1. The first-order valence-corrected chi connectivity index (χ1v) is 11.3. The number of aldehydes is 1. The molecule has 0 aromatic carbocycles. The zero-order valence-corrected chi connectivity index (χ0v) is 17.5. The molecule has 1 heterocycles. The molecule has 3 rings (SSSR count). The summed E-state index contributed by atoms with van der Waals surface area (Å²) >= 11 is 6.09. The number of piperidine rings is 1. The van der Waals surface area contributed by atoms with E-state index in [-0.39, 0.29) is 11.3 Å². The summed E-state index contributed by atoms with van der Waals surface area (Å²) in [6.45, 7) is 0. The molecule has 9 heteroatoms. The van der Waals surface area contributed by atoms with E-state index in [0.717, 1.165) is 19.3 Å². The first-order chi connectivity index (χ1) is 14.1. The third-order valence-electron chi connectivity index (χ3n) is 7.37. The normalized spacial score (nSPS) is 39.1. The largest absolute Gasteiger partial charge is 0.404 e. The lowest BCUT2D eigenvalue weighted by molar-refractivity contribution is -0.200. The number of carbonyl (C=O) groups excluding carboxylic acids is 2. The highest BCUT2D eigenvalue weighted by molar-refractivity contribution is 6.20. The Morgan fingerprint density at radius 3 is 2.10 bits per heavy atom. The Kier molecular flexibility index (Phi) is 7.81. The van der Waals surface area contributed by atoms with Crippen molar-refractivity contribution in [2.75, 3.05) is 0 Å². The fourth-order valence-corrected chi connectivity index (χ4v) is 6.18. The highest BCUT2D eigenvalue weighted by atomic mass is 35.5. The number of halogens is 6. The van der Waals surface area contributed by atoms with Crippen LogP contribution in [-0.4, -0.2) is 42.1 Å². The van der Waals surface area contributed by atoms with Crippen LogP contribution in [0.4, 0.5) is 22.0 Å². The van der Waals surface area contributed by atoms with E-state index in [4.69, 9.17) is 11.6 Å². The van der Waals surface area contributed by atoms with Crippen molar-refractivity contribution in [1.82, 2.24) is 5.32 Å². The van der Waals surface area contributed by atoms with Crippen LogP contribution in [0.25, 0.3) is 0 Å². The van der Waals surface area contributed by atoms with Crippen molar-refractivity contribution in [3.05, 3.63) is 0 Å². The molecule has 172 valence electrons. The molecule has 0 aromatic heterocycles. The fraction of sp³-hybridized carbons (Fsp3) is 0.905. The fourth-order valence-electron chi connectivity index (χ4n) is 5.93. The zero-order chi connectivity index (χ0) is 22.1. The van der Waals surface area contributed by atoms with Gasteiger partial charge in [-0.05, 0) is 37.5 Å². The van der Waals surface area contributed by atoms with Crippen molar-refractivity contribution < 1.29 is 31.5 Å². The number of hydrogen-bond acceptors (Lipinski definition) is 3. The Morgan fingerprint density at radius 1 is 1.00 bits per heavy atom. The van der Waals surface area contributed by atoms with E-state index in [1.807, 2.05) is 5.32 Å². The Balaban J connectivity index is 2.01. The topological polar surface area (TPSA) is 46.2 Å². The molecule has 2 saturated carbocycles. The Labute approximate surface area is 178 Å². The van der Waals surface area contributed by atoms with E-state index in [9.17, 15) is 31.5 Å². The van der Waals surface area contributed by atoms with Crippen LogP contribution in [-0.2, 0) is 9.59 Å². The predicted molar refractivity (Wildman–Crippen MR) is 102 cm³/mol. The summed E-state index contributed by atoms with van der Waals surface area (Å²) in [5, 5.41) is 1.89. The molecule has 0 spiro atoms. The number of nitrogens with one attached hydrogen (secondary N) is 1. The van der Waals surface area contributed by atoms with Gasteiger partial charge in [0.25, 0.3) is 6.43 Å². The molecular formula is C21H29ClF5NO2. The molecule has 2 aliphatic carbocycles. The van der Waals surface area contributed by atoms with Crippen molar-refractivity contribution in [1.29, 1.82) is 0 Å². The maximum Gasteiger partial charge on any atom is 0.404 e. The van der Waals surface area contributed by atoms with Gasteiger partial charge in [0.05, 0.1) is 6.04 Å². The number of rotatable bonds is 5. The SMILES string of the molecule is O=CC1C(C(F)F)NC(C(F)(F)F)C(C(=O)C2CCC(Cl)CC2)C1C1CCCCC1. The van der Waals surface area contributed by atoms with E-state index in [2.05, 4.69) is 0 Å². The van der Waals surface area contributed by atoms with E-state index in [1.54, 1.807) is 0 Å². The minimum absolute atomic E-state index is 0.1000. The third kappa shape index (κ3) is 5.00. The van der Waals surface area contributed by atoms with Crippen LogP contribution in [0.2, 0.25) is 0 Å². The molecule has 5 atom stereocenters. The van der Waals surface area contributed by atoms with Gasteiger partial charge < -0.3 is 4.79 Å². The number of alkyl halides is 6. The first-order valence-electron chi connectivity index (χ1n) is 10.9. The average molecular weight is 458 g/mol. The number of Topliss-reactive ketones (excluding diaryl/α,β-unsaturated/α-hetero) is 1. The van der Waals surface area contributed by atoms with Gasteiger partial charge in [0.15, 0.2) is 0 Å². The average Bonchev–Trinajstić information content (AvgIpc) is 2.72. The standard InChI is InChI=1S/C21H29ClF5NO2/c22-13-8-6-12(7-9-13)18(30)16-15(11-4-2-1-3-5-11)14(10-29)17(20(23)24)28-19(16)21(25,26)27/h10-17,19-20,28H,1-9H2. The summed E-state index contributed by atoms with van der Waals surface area (Å²) in [5.74, 6) is -5.29. The molecule has 3 fully saturated rings. The van der Waals surface area contributed by atoms with E-state index in [0.29, 0.717) is 44.8 Å². The van der Waals surface area contributed by atoms with Gasteiger partial charge in [-0.1, -0.05) is 32.1 Å². The molecule has 1 N–H and O–H groups in total.